The molecule has 8 heteroatoms. The van der Waals surface area contributed by atoms with Crippen LogP contribution in [0.2, 0.25) is 0 Å². The molecule has 1 aliphatic rings. The van der Waals surface area contributed by atoms with E-state index in [9.17, 15) is 9.59 Å². The van der Waals surface area contributed by atoms with E-state index in [-0.39, 0.29) is 11.8 Å². The molecule has 2 heterocycles. The van der Waals surface area contributed by atoms with Crippen LogP contribution in [-0.2, 0) is 16.1 Å². The molecule has 1 atom stereocenters. The summed E-state index contributed by atoms with van der Waals surface area (Å²) in [6, 6.07) is -0.688. The van der Waals surface area contributed by atoms with E-state index in [0.717, 1.165) is 42.7 Å². The van der Waals surface area contributed by atoms with Crippen molar-refractivity contribution in [2.24, 2.45) is 0 Å². The first-order chi connectivity index (χ1) is 12.4. The van der Waals surface area contributed by atoms with Crippen LogP contribution in [0.5, 0.6) is 0 Å². The summed E-state index contributed by atoms with van der Waals surface area (Å²) in [5.74, 6) is 0.370. The van der Waals surface area contributed by atoms with Crippen LogP contribution in [0.1, 0.15) is 43.0 Å². The second-order valence-corrected chi connectivity index (χ2v) is 8.18. The number of aromatic nitrogens is 1. The van der Waals surface area contributed by atoms with Gasteiger partial charge in [0.15, 0.2) is 5.78 Å². The summed E-state index contributed by atoms with van der Waals surface area (Å²) in [5, 5.41) is 3.94. The Hall–Kier alpha value is -1.51. The molecule has 2 rings (SSSR count). The first kappa shape index (κ1) is 20.8. The molecule has 1 unspecified atom stereocenters. The first-order valence-corrected chi connectivity index (χ1v) is 9.95. The number of carbonyl (C=O) groups excluding carboxylic acids is 2. The smallest absolute Gasteiger partial charge is 0.318 e. The monoisotopic (exact) mass is 382 g/mol. The van der Waals surface area contributed by atoms with Crippen molar-refractivity contribution in [2.45, 2.75) is 45.7 Å². The van der Waals surface area contributed by atoms with Crippen LogP contribution >= 0.6 is 11.3 Å². The van der Waals surface area contributed by atoms with Crippen molar-refractivity contribution < 1.29 is 14.3 Å². The third kappa shape index (κ3) is 6.34. The number of ether oxygens (including phenoxy) is 1. The average Bonchev–Trinajstić information content (AvgIpc) is 3.07. The quantitative estimate of drug-likeness (QED) is 0.745. The number of amides is 2. The van der Waals surface area contributed by atoms with Gasteiger partial charge in [-0.2, -0.15) is 0 Å². The van der Waals surface area contributed by atoms with Gasteiger partial charge in [0.25, 0.3) is 0 Å². The van der Waals surface area contributed by atoms with E-state index in [1.54, 1.807) is 23.3 Å². The van der Waals surface area contributed by atoms with Gasteiger partial charge in [0, 0.05) is 43.7 Å². The minimum absolute atomic E-state index is 0.0140. The van der Waals surface area contributed by atoms with Gasteiger partial charge in [0.2, 0.25) is 0 Å². The first-order valence-electron chi connectivity index (χ1n) is 9.13. The largest absolute Gasteiger partial charge is 0.379 e. The number of rotatable bonds is 8. The molecule has 0 aromatic carbocycles. The fourth-order valence-electron chi connectivity index (χ4n) is 2.74. The third-order valence-corrected chi connectivity index (χ3v) is 5.71. The number of urea groups is 1. The van der Waals surface area contributed by atoms with Crippen molar-refractivity contribution in [3.63, 3.8) is 0 Å². The van der Waals surface area contributed by atoms with Crippen molar-refractivity contribution >= 4 is 23.2 Å². The van der Waals surface area contributed by atoms with Crippen molar-refractivity contribution in [1.82, 2.24) is 20.1 Å². The van der Waals surface area contributed by atoms with E-state index in [2.05, 4.69) is 29.0 Å². The molecule has 1 aromatic heterocycles. The highest BCUT2D eigenvalue weighted by Crippen LogP contribution is 2.21. The lowest BCUT2D eigenvalue weighted by Crippen LogP contribution is -2.47. The summed E-state index contributed by atoms with van der Waals surface area (Å²) in [5.41, 5.74) is 0. The van der Waals surface area contributed by atoms with Crippen LogP contribution in [0.4, 0.5) is 4.79 Å². The topological polar surface area (TPSA) is 74.8 Å². The molecule has 1 aromatic rings. The van der Waals surface area contributed by atoms with E-state index < -0.39 is 6.04 Å². The molecule has 2 amide bonds. The van der Waals surface area contributed by atoms with E-state index >= 15 is 0 Å². The summed E-state index contributed by atoms with van der Waals surface area (Å²) >= 11 is 1.62. The summed E-state index contributed by atoms with van der Waals surface area (Å²) in [6.45, 7) is 10.2. The molecular formula is C18H30N4O3S. The number of nitrogens with zero attached hydrogens (tertiary/aromatic N) is 3. The van der Waals surface area contributed by atoms with Crippen LogP contribution in [0.15, 0.2) is 6.20 Å². The van der Waals surface area contributed by atoms with Gasteiger partial charge in [-0.1, -0.05) is 13.8 Å². The maximum absolute atomic E-state index is 12.5. The number of carbonyl (C=O) groups is 2. The molecule has 1 fully saturated rings. The number of nitrogens with one attached hydrogen (secondary N) is 1. The SMILES string of the molecule is CC(=O)C(CCN1CCOCC1)NC(=O)N(C)Cc1cnc(C(C)C)s1. The predicted octanol–water partition coefficient (Wildman–Crippen LogP) is 2.09. The summed E-state index contributed by atoms with van der Waals surface area (Å²) < 4.78 is 5.33. The molecule has 0 radical (unpaired) electrons. The van der Waals surface area contributed by atoms with Crippen molar-refractivity contribution in [2.75, 3.05) is 39.9 Å². The van der Waals surface area contributed by atoms with Gasteiger partial charge >= 0.3 is 6.03 Å². The summed E-state index contributed by atoms with van der Waals surface area (Å²) in [4.78, 5) is 33.7. The highest BCUT2D eigenvalue weighted by Gasteiger charge is 2.21. The molecule has 1 saturated heterocycles. The van der Waals surface area contributed by atoms with Gasteiger partial charge in [-0.3, -0.25) is 9.69 Å². The third-order valence-electron chi connectivity index (χ3n) is 4.43. The maximum atomic E-state index is 12.5. The van der Waals surface area contributed by atoms with Gasteiger partial charge < -0.3 is 15.0 Å². The second kappa shape index (κ2) is 9.99. The maximum Gasteiger partial charge on any atom is 0.318 e. The Morgan fingerprint density at radius 2 is 2.08 bits per heavy atom. The lowest BCUT2D eigenvalue weighted by Gasteiger charge is -2.28. The zero-order chi connectivity index (χ0) is 19.1. The number of thiazole rings is 1. The predicted molar refractivity (Wildman–Crippen MR) is 103 cm³/mol. The second-order valence-electron chi connectivity index (χ2n) is 7.03. The van der Waals surface area contributed by atoms with E-state index in [0.29, 0.717) is 18.9 Å². The van der Waals surface area contributed by atoms with Gasteiger partial charge in [-0.25, -0.2) is 9.78 Å². The standard InChI is InChI=1S/C18H30N4O3S/c1-13(2)17-19-11-15(26-17)12-21(4)18(24)20-16(14(3)23)5-6-22-7-9-25-10-8-22/h11,13,16H,5-10,12H2,1-4H3,(H,20,24). The van der Waals surface area contributed by atoms with Crippen molar-refractivity contribution in [1.29, 1.82) is 0 Å². The van der Waals surface area contributed by atoms with Crippen molar-refractivity contribution in [3.05, 3.63) is 16.1 Å². The number of hydrogen-bond acceptors (Lipinski definition) is 6. The van der Waals surface area contributed by atoms with Crippen LogP contribution in [0, 0.1) is 0 Å². The number of hydrogen-bond donors (Lipinski definition) is 1. The van der Waals surface area contributed by atoms with Gasteiger partial charge in [-0.05, 0) is 13.3 Å². The zero-order valence-electron chi connectivity index (χ0n) is 16.2. The molecule has 0 spiro atoms. The van der Waals surface area contributed by atoms with E-state index in [1.165, 1.54) is 6.92 Å². The highest BCUT2D eigenvalue weighted by molar-refractivity contribution is 7.11. The van der Waals surface area contributed by atoms with Gasteiger partial charge in [0.05, 0.1) is 30.8 Å². The lowest BCUT2D eigenvalue weighted by atomic mass is 10.1. The minimum Gasteiger partial charge on any atom is -0.379 e. The van der Waals surface area contributed by atoms with Crippen LogP contribution < -0.4 is 5.32 Å². The Balaban J connectivity index is 1.83. The Kier molecular flexibility index (Phi) is 7.99. The number of Topliss-reactive ketones (excluding diaryl/α,β-unsaturated/α-hetero) is 1. The molecule has 0 aliphatic carbocycles. The van der Waals surface area contributed by atoms with Crippen LogP contribution in [0.25, 0.3) is 0 Å². The Morgan fingerprint density at radius 1 is 1.38 bits per heavy atom. The Bertz CT molecular complexity index is 599. The molecule has 0 saturated carbocycles. The van der Waals surface area contributed by atoms with Crippen molar-refractivity contribution in [3.8, 4) is 0 Å². The van der Waals surface area contributed by atoms with Crippen LogP contribution in [0.3, 0.4) is 0 Å². The van der Waals surface area contributed by atoms with E-state index in [1.807, 2.05) is 6.20 Å². The molecule has 0 bridgehead atoms. The Morgan fingerprint density at radius 3 is 2.65 bits per heavy atom. The normalized spacial score (nSPS) is 16.5. The van der Waals surface area contributed by atoms with Gasteiger partial charge in [0.1, 0.15) is 0 Å². The Labute approximate surface area is 159 Å². The average molecular weight is 383 g/mol. The zero-order valence-corrected chi connectivity index (χ0v) is 17.0. The molecule has 146 valence electrons. The molecule has 1 N–H and O–H groups in total. The summed E-state index contributed by atoms with van der Waals surface area (Å²) in [6.07, 6.45) is 2.44. The number of morpholine rings is 1. The van der Waals surface area contributed by atoms with Gasteiger partial charge in [-0.15, -0.1) is 11.3 Å². The fourth-order valence-corrected chi connectivity index (χ4v) is 3.71. The fraction of sp³-hybridized carbons (Fsp3) is 0.722. The number of ketones is 1. The molecular weight excluding hydrogens is 352 g/mol. The van der Waals surface area contributed by atoms with E-state index in [4.69, 9.17) is 4.74 Å². The minimum atomic E-state index is -0.458. The highest BCUT2D eigenvalue weighted by atomic mass is 32.1. The van der Waals surface area contributed by atoms with Crippen LogP contribution in [-0.4, -0.2) is 72.5 Å². The summed E-state index contributed by atoms with van der Waals surface area (Å²) in [7, 11) is 1.74. The molecule has 7 nitrogen and oxygen atoms in total. The lowest BCUT2D eigenvalue weighted by molar-refractivity contribution is -0.119. The molecule has 26 heavy (non-hydrogen) atoms. The molecule has 1 aliphatic heterocycles.